The number of hydrogen-bond acceptors (Lipinski definition) is 4. The Bertz CT molecular complexity index is 1360. The minimum atomic E-state index is -5.07. The summed E-state index contributed by atoms with van der Waals surface area (Å²) in [5.41, 5.74) is -0.975. The first-order valence-corrected chi connectivity index (χ1v) is 11.0. The maximum absolute atomic E-state index is 13.5. The van der Waals surface area contributed by atoms with E-state index in [1.807, 2.05) is 26.0 Å². The van der Waals surface area contributed by atoms with E-state index in [-0.39, 0.29) is 17.7 Å². The lowest BCUT2D eigenvalue weighted by molar-refractivity contribution is -0.143. The van der Waals surface area contributed by atoms with Crippen LogP contribution in [0.4, 0.5) is 31.5 Å². The van der Waals surface area contributed by atoms with Crippen molar-refractivity contribution in [1.29, 1.82) is 0 Å². The van der Waals surface area contributed by atoms with Gasteiger partial charge in [0.1, 0.15) is 0 Å². The normalized spacial score (nSPS) is 12.2. The van der Waals surface area contributed by atoms with E-state index in [1.165, 1.54) is 12.4 Å². The van der Waals surface area contributed by atoms with E-state index in [4.69, 9.17) is 0 Å². The number of nitrogens with zero attached hydrogens (tertiary/aromatic N) is 3. The fourth-order valence-corrected chi connectivity index (χ4v) is 4.75. The summed E-state index contributed by atoms with van der Waals surface area (Å²) >= 11 is 1.12. The molecule has 0 radical (unpaired) electrons. The molecule has 2 aromatic heterocycles. The van der Waals surface area contributed by atoms with E-state index in [0.717, 1.165) is 32.1 Å². The van der Waals surface area contributed by atoms with Gasteiger partial charge in [-0.3, -0.25) is 14.7 Å². The van der Waals surface area contributed by atoms with Gasteiger partial charge >= 0.3 is 12.4 Å². The number of hydrogen-bond donors (Lipinski definition) is 0. The van der Waals surface area contributed by atoms with Crippen LogP contribution in [0.2, 0.25) is 0 Å². The third-order valence-electron chi connectivity index (χ3n) is 5.19. The summed E-state index contributed by atoms with van der Waals surface area (Å²) < 4.78 is 81.0. The summed E-state index contributed by atoms with van der Waals surface area (Å²) in [6.07, 6.45) is -7.19. The fraction of sp³-hybridized carbons (Fsp3) is 0.208. The molecule has 2 aromatic carbocycles. The van der Waals surface area contributed by atoms with Gasteiger partial charge in [-0.25, -0.2) is 4.98 Å². The molecule has 0 spiro atoms. The highest BCUT2D eigenvalue weighted by atomic mass is 32.1. The molecule has 0 aliphatic carbocycles. The van der Waals surface area contributed by atoms with Crippen LogP contribution >= 0.6 is 11.3 Å². The van der Waals surface area contributed by atoms with E-state index in [9.17, 15) is 31.1 Å². The van der Waals surface area contributed by atoms with Gasteiger partial charge in [0.05, 0.1) is 27.9 Å². The van der Waals surface area contributed by atoms with Crippen molar-refractivity contribution >= 4 is 32.6 Å². The monoisotopic (exact) mass is 509 g/mol. The Labute approximate surface area is 199 Å². The van der Waals surface area contributed by atoms with Crippen LogP contribution in [0.5, 0.6) is 0 Å². The van der Waals surface area contributed by atoms with Crippen LogP contribution in [0.25, 0.3) is 10.2 Å². The average molecular weight is 509 g/mol. The second-order valence-corrected chi connectivity index (χ2v) is 8.98. The molecule has 0 saturated carbocycles. The van der Waals surface area contributed by atoms with Gasteiger partial charge in [0.2, 0.25) is 0 Å². The first-order valence-electron chi connectivity index (χ1n) is 10.2. The van der Waals surface area contributed by atoms with Crippen molar-refractivity contribution in [2.75, 3.05) is 4.90 Å². The minimum absolute atomic E-state index is 0.00788. The van der Waals surface area contributed by atoms with Gasteiger partial charge < -0.3 is 0 Å². The van der Waals surface area contributed by atoms with Crippen LogP contribution in [0.3, 0.4) is 0 Å². The number of rotatable bonds is 4. The van der Waals surface area contributed by atoms with Gasteiger partial charge in [0.15, 0.2) is 5.13 Å². The number of benzene rings is 2. The van der Waals surface area contributed by atoms with Crippen molar-refractivity contribution in [3.05, 3.63) is 88.2 Å². The van der Waals surface area contributed by atoms with Crippen LogP contribution in [-0.2, 0) is 18.9 Å². The second kappa shape index (κ2) is 8.95. The van der Waals surface area contributed by atoms with Gasteiger partial charge in [-0.05, 0) is 60.9 Å². The van der Waals surface area contributed by atoms with Crippen molar-refractivity contribution in [1.82, 2.24) is 9.97 Å². The van der Waals surface area contributed by atoms with Gasteiger partial charge in [-0.15, -0.1) is 0 Å². The number of halogens is 6. The number of aromatic nitrogens is 2. The Morgan fingerprint density at radius 2 is 1.63 bits per heavy atom. The first kappa shape index (κ1) is 24.6. The molecule has 182 valence electrons. The Hall–Kier alpha value is -3.47. The number of fused-ring (bicyclic) bond motifs is 1. The van der Waals surface area contributed by atoms with E-state index in [0.29, 0.717) is 23.2 Å². The maximum atomic E-state index is 13.5. The molecule has 0 atom stereocenters. The SMILES string of the molecule is Cc1cc(C)c2nc(N(Cc3cccnc3)C(=O)c3cc(C(F)(F)F)cc(C(F)(F)F)c3)sc2c1. The number of pyridine rings is 1. The molecule has 0 aliphatic heterocycles. The highest BCUT2D eigenvalue weighted by Gasteiger charge is 2.38. The highest BCUT2D eigenvalue weighted by molar-refractivity contribution is 7.22. The molecule has 4 nitrogen and oxygen atoms in total. The first-order chi connectivity index (χ1) is 16.3. The van der Waals surface area contributed by atoms with Crippen molar-refractivity contribution in [3.63, 3.8) is 0 Å². The Morgan fingerprint density at radius 3 is 2.20 bits per heavy atom. The van der Waals surface area contributed by atoms with Crippen LogP contribution < -0.4 is 4.90 Å². The van der Waals surface area contributed by atoms with E-state index in [1.54, 1.807) is 12.1 Å². The van der Waals surface area contributed by atoms with Crippen LogP contribution in [-0.4, -0.2) is 15.9 Å². The zero-order valence-electron chi connectivity index (χ0n) is 18.3. The molecule has 0 unspecified atom stereocenters. The van der Waals surface area contributed by atoms with E-state index >= 15 is 0 Å². The smallest absolute Gasteiger partial charge is 0.279 e. The molecule has 0 N–H and O–H groups in total. The van der Waals surface area contributed by atoms with E-state index in [2.05, 4.69) is 9.97 Å². The number of alkyl halides is 6. The lowest BCUT2D eigenvalue weighted by Gasteiger charge is -2.21. The molecule has 0 saturated heterocycles. The van der Waals surface area contributed by atoms with Crippen molar-refractivity contribution in [2.24, 2.45) is 0 Å². The number of amides is 1. The quantitative estimate of drug-likeness (QED) is 0.274. The van der Waals surface area contributed by atoms with Crippen molar-refractivity contribution in [2.45, 2.75) is 32.7 Å². The fourth-order valence-electron chi connectivity index (χ4n) is 3.61. The predicted octanol–water partition coefficient (Wildman–Crippen LogP) is 7.19. The molecule has 11 heteroatoms. The minimum Gasteiger partial charge on any atom is -0.279 e. The topological polar surface area (TPSA) is 46.1 Å². The highest BCUT2D eigenvalue weighted by Crippen LogP contribution is 2.38. The standard InChI is InChI=1S/C24H17F6N3OS/c1-13-6-14(2)20-19(7-13)35-22(32-20)33(12-15-4-3-5-31-11-15)21(34)16-8-17(23(25,26)27)10-18(9-16)24(28,29)30/h3-11H,12H2,1-2H3. The van der Waals surface area contributed by atoms with Gasteiger partial charge in [-0.2, -0.15) is 26.3 Å². The Morgan fingerprint density at radius 1 is 0.971 bits per heavy atom. The van der Waals surface area contributed by atoms with Crippen molar-refractivity contribution < 1.29 is 31.1 Å². The summed E-state index contributed by atoms with van der Waals surface area (Å²) in [5.74, 6) is -1.04. The van der Waals surface area contributed by atoms with Gasteiger partial charge in [0.25, 0.3) is 5.91 Å². The second-order valence-electron chi connectivity index (χ2n) is 7.97. The maximum Gasteiger partial charge on any atom is 0.416 e. The molecule has 2 heterocycles. The molecule has 0 bridgehead atoms. The average Bonchev–Trinajstić information content (AvgIpc) is 3.20. The van der Waals surface area contributed by atoms with E-state index < -0.39 is 35.0 Å². The number of thiazole rings is 1. The molecular weight excluding hydrogens is 492 g/mol. The largest absolute Gasteiger partial charge is 0.416 e. The third-order valence-corrected chi connectivity index (χ3v) is 6.22. The summed E-state index contributed by atoms with van der Waals surface area (Å²) in [7, 11) is 0. The zero-order chi connectivity index (χ0) is 25.5. The number of carbonyl (C=O) groups is 1. The Kier molecular flexibility index (Phi) is 6.31. The van der Waals surface area contributed by atoms with Gasteiger partial charge in [0, 0.05) is 18.0 Å². The molecule has 0 fully saturated rings. The Balaban J connectivity index is 1.87. The van der Waals surface area contributed by atoms with Crippen LogP contribution in [0, 0.1) is 13.8 Å². The zero-order valence-corrected chi connectivity index (χ0v) is 19.1. The third kappa shape index (κ3) is 5.29. The van der Waals surface area contributed by atoms with Crippen LogP contribution in [0.1, 0.15) is 38.2 Å². The van der Waals surface area contributed by atoms with Gasteiger partial charge in [-0.1, -0.05) is 23.5 Å². The number of aryl methyl sites for hydroxylation is 2. The lowest BCUT2D eigenvalue weighted by Crippen LogP contribution is -2.31. The molecule has 4 rings (SSSR count). The number of anilines is 1. The lowest BCUT2D eigenvalue weighted by atomic mass is 10.0. The van der Waals surface area contributed by atoms with Crippen molar-refractivity contribution in [3.8, 4) is 0 Å². The summed E-state index contributed by atoms with van der Waals surface area (Å²) in [5, 5.41) is 0.147. The summed E-state index contributed by atoms with van der Waals surface area (Å²) in [6.45, 7) is 3.56. The summed E-state index contributed by atoms with van der Waals surface area (Å²) in [4.78, 5) is 23.0. The summed E-state index contributed by atoms with van der Waals surface area (Å²) in [6, 6.07) is 7.84. The molecule has 1 amide bonds. The molecule has 0 aliphatic rings. The molecular formula is C24H17F6N3OS. The predicted molar refractivity (Wildman–Crippen MR) is 120 cm³/mol. The van der Waals surface area contributed by atoms with Crippen LogP contribution in [0.15, 0.2) is 54.9 Å². The molecule has 4 aromatic rings. The number of carbonyl (C=O) groups excluding carboxylic acids is 1. The molecule has 35 heavy (non-hydrogen) atoms.